The van der Waals surface area contributed by atoms with Gasteiger partial charge in [-0.15, -0.1) is 0 Å². The van der Waals surface area contributed by atoms with Crippen LogP contribution in [-0.2, 0) is 34.4 Å². The third-order valence-corrected chi connectivity index (χ3v) is 15.3. The number of nitrogens with zero attached hydrogens (tertiary/aromatic N) is 6. The number of imidazole rings is 3. The van der Waals surface area contributed by atoms with Crippen LogP contribution in [0, 0.1) is 0 Å². The van der Waals surface area contributed by atoms with Gasteiger partial charge in [0.15, 0.2) is 0 Å². The molecular weight excluding hydrogens is 1270 g/mol. The third kappa shape index (κ3) is 20.0. The van der Waals surface area contributed by atoms with Crippen LogP contribution in [0.4, 0.5) is 34.1 Å². The van der Waals surface area contributed by atoms with Gasteiger partial charge >= 0.3 is 36.8 Å². The number of hydrogen-bond acceptors (Lipinski definition) is 15. The van der Waals surface area contributed by atoms with Crippen molar-refractivity contribution in [1.82, 2.24) is 28.7 Å². The summed E-state index contributed by atoms with van der Waals surface area (Å²) in [7, 11) is 2.76. The van der Waals surface area contributed by atoms with E-state index in [0.29, 0.717) is 58.1 Å². The standard InChI is InChI=1S/C21H18N4O.C16H14N2O2.C15H12N2O2.C9H9BrO2.C7H8N2.C6H8N2.Li.H2O/c22-17-5-1-2-6-18(17)24-21(26)16-11-9-15(10-12-16)13-25-14-23-19-7-3-4-8-20(19)25;1-20-16(19)13-8-6-12(7-9-13)10-18-11-17-14-4-2-3-5-15(14)18;18-15(19)12-7-5-11(6-8-12)9-17-10-16-13-3-1-2-4-14(13)17;1-12-9(11)8-4-2-7(6-10)3-5-8;1-2-4-7-6(3-1)8-5-9-7;7-5-3-1-2-4-6(5)8;;/h1-12,14H,13,22H2,(H,24,26);2-9,11H,10H2,1H3;1-8,10H,9H2,(H,18,19);2-5H,6H2,1H3;1-4,8-9H,5H2;1-4H,7-8H2;;1H2/q;;;;;;+1;/p-1. The number of methoxy groups -OCH3 is 2. The van der Waals surface area contributed by atoms with E-state index < -0.39 is 5.97 Å². The Bertz CT molecular complexity index is 4600. The first-order chi connectivity index (χ1) is 45.8. The van der Waals surface area contributed by atoms with Crippen LogP contribution in [-0.4, -0.2) is 83.9 Å². The zero-order valence-corrected chi connectivity index (χ0v) is 54.6. The van der Waals surface area contributed by atoms with Crippen molar-refractivity contribution in [2.24, 2.45) is 0 Å². The molecule has 22 heteroatoms. The summed E-state index contributed by atoms with van der Waals surface area (Å²) in [6, 6.07) is 75.8. The zero-order chi connectivity index (χ0) is 66.2. The summed E-state index contributed by atoms with van der Waals surface area (Å²) in [6.07, 6.45) is 5.47. The molecule has 10 aromatic carbocycles. The first-order valence-corrected chi connectivity index (χ1v) is 30.7. The maximum atomic E-state index is 12.4. The van der Waals surface area contributed by atoms with E-state index in [0.717, 1.165) is 73.9 Å². The molecule has 3 aromatic heterocycles. The number of hydrogen-bond donors (Lipinski definition) is 7. The molecule has 0 bridgehead atoms. The molecule has 0 unspecified atom stereocenters. The van der Waals surface area contributed by atoms with Crippen LogP contribution in [0.5, 0.6) is 0 Å². The van der Waals surface area contributed by atoms with Crippen molar-refractivity contribution >= 4 is 107 Å². The van der Waals surface area contributed by atoms with Gasteiger partial charge in [-0.3, -0.25) is 4.79 Å². The number of carboxylic acids is 1. The number of para-hydroxylation sites is 12. The van der Waals surface area contributed by atoms with E-state index >= 15 is 0 Å². The number of carbonyl (C=O) groups is 4. The number of nitrogens with one attached hydrogen (secondary N) is 3. The second kappa shape index (κ2) is 36.1. The van der Waals surface area contributed by atoms with Crippen molar-refractivity contribution in [3.63, 3.8) is 0 Å². The van der Waals surface area contributed by atoms with Gasteiger partial charge in [0.1, 0.15) is 0 Å². The fraction of sp³-hybridized carbons (Fsp3) is 0.0946. The van der Waals surface area contributed by atoms with Crippen LogP contribution >= 0.6 is 15.9 Å². The Hall–Kier alpha value is -11.5. The van der Waals surface area contributed by atoms with Gasteiger partial charge in [-0.2, -0.15) is 0 Å². The summed E-state index contributed by atoms with van der Waals surface area (Å²) >= 11 is 3.32. The van der Waals surface area contributed by atoms with Crippen LogP contribution in [0.15, 0.2) is 262 Å². The van der Waals surface area contributed by atoms with Gasteiger partial charge < -0.3 is 66.9 Å². The minimum Gasteiger partial charge on any atom is -0.870 e. The zero-order valence-electron chi connectivity index (χ0n) is 53.0. The van der Waals surface area contributed by atoms with E-state index in [1.54, 1.807) is 67.0 Å². The van der Waals surface area contributed by atoms with Crippen molar-refractivity contribution in [3.05, 3.63) is 306 Å². The second-order valence-electron chi connectivity index (χ2n) is 21.0. The number of amides is 1. The normalized spacial score (nSPS) is 10.5. The Morgan fingerprint density at radius 3 is 1.12 bits per heavy atom. The van der Waals surface area contributed by atoms with Crippen molar-refractivity contribution in [1.29, 1.82) is 0 Å². The van der Waals surface area contributed by atoms with Crippen LogP contribution < -0.4 is 52.0 Å². The molecule has 96 heavy (non-hydrogen) atoms. The van der Waals surface area contributed by atoms with E-state index in [4.69, 9.17) is 22.3 Å². The third-order valence-electron chi connectivity index (χ3n) is 14.7. The number of alkyl halides is 1. The summed E-state index contributed by atoms with van der Waals surface area (Å²) in [5, 5.41) is 18.9. The predicted octanol–water partition coefficient (Wildman–Crippen LogP) is 11.1. The number of nitrogen functional groups attached to an aromatic ring is 3. The van der Waals surface area contributed by atoms with Gasteiger partial charge in [-0.05, 0) is 144 Å². The predicted molar refractivity (Wildman–Crippen MR) is 379 cm³/mol. The van der Waals surface area contributed by atoms with E-state index in [1.807, 2.05) is 181 Å². The summed E-state index contributed by atoms with van der Waals surface area (Å²) in [5.41, 5.74) is 34.2. The Morgan fingerprint density at radius 1 is 0.448 bits per heavy atom. The van der Waals surface area contributed by atoms with E-state index in [1.165, 1.54) is 25.6 Å². The number of aromatic carboxylic acids is 1. The van der Waals surface area contributed by atoms with Gasteiger partial charge in [0.2, 0.25) is 0 Å². The molecule has 13 aromatic rings. The SMILES string of the molecule is COC(=O)c1ccc(CBr)cc1.COC(=O)c1ccc(Cn2cnc3ccccc32)cc1.Nc1ccccc1N.Nc1ccccc1NC(=O)c1ccc(Cn2cnc3ccccc32)cc1.O=C(O)c1ccc(Cn2cnc3ccccc32)cc1.[Li+].[OH-].c1ccc2c(c1)NCN2. The van der Waals surface area contributed by atoms with Crippen molar-refractivity contribution in [2.75, 3.05) is 54.0 Å². The number of aromatic nitrogens is 6. The van der Waals surface area contributed by atoms with Gasteiger partial charge in [0.25, 0.3) is 5.91 Å². The van der Waals surface area contributed by atoms with Gasteiger partial charge in [0, 0.05) is 30.5 Å². The number of fused-ring (bicyclic) bond motifs is 4. The smallest absolute Gasteiger partial charge is 0.870 e. The van der Waals surface area contributed by atoms with E-state index in [9.17, 15) is 19.2 Å². The number of nitrogens with two attached hydrogens (primary N) is 3. The molecule has 0 saturated heterocycles. The molecule has 4 heterocycles. The van der Waals surface area contributed by atoms with Gasteiger partial charge in [0.05, 0.1) is 124 Å². The number of anilines is 6. The van der Waals surface area contributed by atoms with Crippen molar-refractivity contribution in [2.45, 2.75) is 25.0 Å². The van der Waals surface area contributed by atoms with E-state index in [2.05, 4.69) is 83.6 Å². The molecule has 20 nitrogen and oxygen atoms in total. The van der Waals surface area contributed by atoms with Crippen molar-refractivity contribution < 1.29 is 58.1 Å². The Kier molecular flexibility index (Phi) is 27.1. The molecule has 0 atom stereocenters. The molecule has 0 radical (unpaired) electrons. The second-order valence-corrected chi connectivity index (χ2v) is 21.6. The van der Waals surface area contributed by atoms with Crippen LogP contribution in [0.2, 0.25) is 0 Å². The number of benzene rings is 10. The number of ether oxygens (including phenoxy) is 2. The number of carbonyl (C=O) groups excluding carboxylic acids is 3. The first-order valence-electron chi connectivity index (χ1n) is 29.6. The average molecular weight is 1340 g/mol. The summed E-state index contributed by atoms with van der Waals surface area (Å²) in [4.78, 5) is 58.6. The van der Waals surface area contributed by atoms with Gasteiger partial charge in [-0.25, -0.2) is 29.3 Å². The average Bonchev–Trinajstić information content (AvgIpc) is 1.70. The Balaban J connectivity index is 0.000000169. The van der Waals surface area contributed by atoms with Crippen LogP contribution in [0.25, 0.3) is 33.1 Å². The van der Waals surface area contributed by atoms with Gasteiger partial charge in [-0.1, -0.05) is 137 Å². The molecule has 1 amide bonds. The molecule has 0 spiro atoms. The Labute approximate surface area is 575 Å². The summed E-state index contributed by atoms with van der Waals surface area (Å²) in [6.45, 7) is 2.97. The first kappa shape index (κ1) is 72.0. The number of halogens is 1. The molecule has 0 fully saturated rings. The van der Waals surface area contributed by atoms with Crippen LogP contribution in [0.3, 0.4) is 0 Å². The minimum atomic E-state index is -0.903. The molecule has 1 aliphatic rings. The fourth-order valence-corrected chi connectivity index (χ4v) is 9.94. The van der Waals surface area contributed by atoms with Crippen LogP contribution in [0.1, 0.15) is 63.7 Å². The molecule has 14 rings (SSSR count). The number of rotatable bonds is 12. The maximum Gasteiger partial charge on any atom is 1.00 e. The number of carboxylic acid groups (broad SMARTS) is 1. The Morgan fingerprint density at radius 2 is 0.771 bits per heavy atom. The molecule has 0 saturated carbocycles. The fourth-order valence-electron chi connectivity index (χ4n) is 9.57. The molecule has 1 aliphatic heterocycles. The molecule has 11 N–H and O–H groups in total. The summed E-state index contributed by atoms with van der Waals surface area (Å²) in [5.74, 6) is -1.69. The topological polar surface area (TPSA) is 305 Å². The monoisotopic (exact) mass is 1340 g/mol. The number of esters is 2. The molecule has 0 aliphatic carbocycles. The molecule has 482 valence electrons. The maximum absolute atomic E-state index is 12.4. The quantitative estimate of drug-likeness (QED) is 0.0259. The molecular formula is C74H70BrLiN12O8. The minimum absolute atomic E-state index is 0. The van der Waals surface area contributed by atoms with Crippen molar-refractivity contribution in [3.8, 4) is 0 Å². The largest absolute Gasteiger partial charge is 1.00 e. The van der Waals surface area contributed by atoms with E-state index in [-0.39, 0.29) is 42.2 Å². The summed E-state index contributed by atoms with van der Waals surface area (Å²) < 4.78 is 15.5.